The standard InChI is InChI=1S/C14H17F2N3/c1-2-17-10-13-18-8-9-19(13)11-14(15,16)12-6-4-3-5-7-12/h3-9,17H,2,10-11H2,1H3. The fourth-order valence-corrected chi connectivity index (χ4v) is 1.88. The van der Waals surface area contributed by atoms with Crippen molar-refractivity contribution in [1.82, 2.24) is 14.9 Å². The van der Waals surface area contributed by atoms with Crippen LogP contribution in [0.15, 0.2) is 42.7 Å². The van der Waals surface area contributed by atoms with Crippen molar-refractivity contribution in [2.45, 2.75) is 25.9 Å². The number of hydrogen-bond acceptors (Lipinski definition) is 2. The third-order valence-corrected chi connectivity index (χ3v) is 2.90. The first kappa shape index (κ1) is 13.7. The summed E-state index contributed by atoms with van der Waals surface area (Å²) in [6.45, 7) is 2.85. The number of alkyl halides is 2. The van der Waals surface area contributed by atoms with Crippen LogP contribution in [-0.4, -0.2) is 16.1 Å². The number of aromatic nitrogens is 2. The lowest BCUT2D eigenvalue weighted by atomic mass is 10.1. The van der Waals surface area contributed by atoms with E-state index in [2.05, 4.69) is 10.3 Å². The maximum Gasteiger partial charge on any atom is 0.290 e. The highest BCUT2D eigenvalue weighted by molar-refractivity contribution is 5.20. The van der Waals surface area contributed by atoms with E-state index in [4.69, 9.17) is 0 Å². The van der Waals surface area contributed by atoms with Gasteiger partial charge in [-0.05, 0) is 6.54 Å². The summed E-state index contributed by atoms with van der Waals surface area (Å²) < 4.78 is 29.8. The number of imidazole rings is 1. The molecule has 5 heteroatoms. The fraction of sp³-hybridized carbons (Fsp3) is 0.357. The average molecular weight is 265 g/mol. The molecule has 3 nitrogen and oxygen atoms in total. The number of rotatable bonds is 6. The van der Waals surface area contributed by atoms with Crippen molar-refractivity contribution in [3.8, 4) is 0 Å². The van der Waals surface area contributed by atoms with E-state index in [1.165, 1.54) is 16.7 Å². The Hall–Kier alpha value is -1.75. The van der Waals surface area contributed by atoms with E-state index >= 15 is 0 Å². The Balaban J connectivity index is 2.14. The molecular weight excluding hydrogens is 248 g/mol. The maximum atomic E-state index is 14.2. The average Bonchev–Trinajstić information content (AvgIpc) is 2.84. The molecule has 2 rings (SSSR count). The van der Waals surface area contributed by atoms with Gasteiger partial charge < -0.3 is 9.88 Å². The molecule has 0 fully saturated rings. The van der Waals surface area contributed by atoms with Crippen molar-refractivity contribution >= 4 is 0 Å². The SMILES string of the molecule is CCNCc1nccn1CC(F)(F)c1ccccc1. The van der Waals surface area contributed by atoms with Gasteiger partial charge >= 0.3 is 0 Å². The summed E-state index contributed by atoms with van der Waals surface area (Å²) in [5.41, 5.74) is 0.0260. The molecule has 2 aromatic rings. The van der Waals surface area contributed by atoms with Crippen LogP contribution in [0.1, 0.15) is 18.3 Å². The maximum absolute atomic E-state index is 14.2. The molecule has 1 heterocycles. The highest BCUT2D eigenvalue weighted by atomic mass is 19.3. The van der Waals surface area contributed by atoms with Crippen LogP contribution in [0.4, 0.5) is 8.78 Å². The molecule has 0 amide bonds. The summed E-state index contributed by atoms with van der Waals surface area (Å²) in [5, 5.41) is 3.09. The van der Waals surface area contributed by atoms with Gasteiger partial charge in [0.2, 0.25) is 0 Å². The van der Waals surface area contributed by atoms with Crippen LogP contribution in [-0.2, 0) is 19.0 Å². The van der Waals surface area contributed by atoms with Gasteiger partial charge in [0.1, 0.15) is 5.82 Å². The minimum atomic E-state index is -2.90. The largest absolute Gasteiger partial charge is 0.327 e. The summed E-state index contributed by atoms with van der Waals surface area (Å²) in [6.07, 6.45) is 3.14. The highest BCUT2D eigenvalue weighted by Crippen LogP contribution is 2.29. The zero-order valence-corrected chi connectivity index (χ0v) is 10.8. The quantitative estimate of drug-likeness (QED) is 0.870. The molecule has 0 saturated carbocycles. The van der Waals surface area contributed by atoms with Gasteiger partial charge in [-0.3, -0.25) is 0 Å². The van der Waals surface area contributed by atoms with E-state index in [9.17, 15) is 8.78 Å². The van der Waals surface area contributed by atoms with Crippen LogP contribution < -0.4 is 5.32 Å². The molecule has 0 unspecified atom stereocenters. The normalized spacial score (nSPS) is 11.7. The zero-order chi connectivity index (χ0) is 13.7. The number of hydrogen-bond donors (Lipinski definition) is 1. The molecular formula is C14H17F2N3. The van der Waals surface area contributed by atoms with Crippen LogP contribution in [0.5, 0.6) is 0 Å². The Kier molecular flexibility index (Phi) is 4.27. The summed E-state index contributed by atoms with van der Waals surface area (Å²) >= 11 is 0. The molecule has 0 aliphatic heterocycles. The molecule has 1 aromatic heterocycles. The fourth-order valence-electron chi connectivity index (χ4n) is 1.88. The minimum Gasteiger partial charge on any atom is -0.327 e. The lowest BCUT2D eigenvalue weighted by molar-refractivity contribution is -0.0230. The minimum absolute atomic E-state index is 0.0260. The molecule has 1 N–H and O–H groups in total. The summed E-state index contributed by atoms with van der Waals surface area (Å²) in [7, 11) is 0. The first-order chi connectivity index (χ1) is 9.13. The van der Waals surface area contributed by atoms with Crippen LogP contribution in [0.25, 0.3) is 0 Å². The molecule has 0 spiro atoms. The van der Waals surface area contributed by atoms with Crippen molar-refractivity contribution in [3.63, 3.8) is 0 Å². The predicted molar refractivity (Wildman–Crippen MR) is 69.9 cm³/mol. The van der Waals surface area contributed by atoms with E-state index in [1.807, 2.05) is 6.92 Å². The molecule has 0 radical (unpaired) electrons. The van der Waals surface area contributed by atoms with Crippen molar-refractivity contribution in [1.29, 1.82) is 0 Å². The van der Waals surface area contributed by atoms with Gasteiger partial charge in [0.05, 0.1) is 13.1 Å². The van der Waals surface area contributed by atoms with E-state index in [1.54, 1.807) is 30.6 Å². The molecule has 19 heavy (non-hydrogen) atoms. The molecule has 0 aliphatic rings. The van der Waals surface area contributed by atoms with Crippen LogP contribution >= 0.6 is 0 Å². The van der Waals surface area contributed by atoms with Gasteiger partial charge in [0, 0.05) is 18.0 Å². The molecule has 1 aromatic carbocycles. The van der Waals surface area contributed by atoms with Gasteiger partial charge in [-0.15, -0.1) is 0 Å². The van der Waals surface area contributed by atoms with Gasteiger partial charge in [-0.2, -0.15) is 8.78 Å². The van der Waals surface area contributed by atoms with Crippen molar-refractivity contribution in [2.75, 3.05) is 6.54 Å². The number of benzene rings is 1. The van der Waals surface area contributed by atoms with Gasteiger partial charge in [0.15, 0.2) is 0 Å². The zero-order valence-electron chi connectivity index (χ0n) is 10.8. The molecule has 0 atom stereocenters. The van der Waals surface area contributed by atoms with Gasteiger partial charge in [0.25, 0.3) is 5.92 Å². The summed E-state index contributed by atoms with van der Waals surface area (Å²) in [5.74, 6) is -2.28. The second-order valence-electron chi connectivity index (χ2n) is 4.32. The Morgan fingerprint density at radius 3 is 2.68 bits per heavy atom. The first-order valence-electron chi connectivity index (χ1n) is 6.27. The van der Waals surface area contributed by atoms with E-state index in [-0.39, 0.29) is 5.56 Å². The highest BCUT2D eigenvalue weighted by Gasteiger charge is 2.32. The molecule has 0 aliphatic carbocycles. The first-order valence-corrected chi connectivity index (χ1v) is 6.27. The Bertz CT molecular complexity index is 508. The third kappa shape index (κ3) is 3.38. The van der Waals surface area contributed by atoms with Gasteiger partial charge in [-0.25, -0.2) is 4.98 Å². The Morgan fingerprint density at radius 1 is 1.26 bits per heavy atom. The number of nitrogens with zero attached hydrogens (tertiary/aromatic N) is 2. The summed E-state index contributed by atoms with van der Waals surface area (Å²) in [4.78, 5) is 4.10. The lowest BCUT2D eigenvalue weighted by Gasteiger charge is -2.18. The Labute approximate surface area is 111 Å². The smallest absolute Gasteiger partial charge is 0.290 e. The van der Waals surface area contributed by atoms with Crippen molar-refractivity contribution in [3.05, 3.63) is 54.1 Å². The molecule has 102 valence electrons. The molecule has 0 saturated heterocycles. The van der Waals surface area contributed by atoms with E-state index in [0.717, 1.165) is 6.54 Å². The molecule has 0 bridgehead atoms. The van der Waals surface area contributed by atoms with E-state index < -0.39 is 12.5 Å². The second kappa shape index (κ2) is 5.93. The monoisotopic (exact) mass is 265 g/mol. The Morgan fingerprint density at radius 2 is 2.00 bits per heavy atom. The van der Waals surface area contributed by atoms with Crippen molar-refractivity contribution in [2.24, 2.45) is 0 Å². The van der Waals surface area contributed by atoms with Crippen molar-refractivity contribution < 1.29 is 8.78 Å². The third-order valence-electron chi connectivity index (χ3n) is 2.90. The second-order valence-corrected chi connectivity index (χ2v) is 4.32. The van der Waals surface area contributed by atoms with Crippen LogP contribution in [0, 0.1) is 0 Å². The predicted octanol–water partition coefficient (Wildman–Crippen LogP) is 2.78. The van der Waals surface area contributed by atoms with E-state index in [0.29, 0.717) is 12.4 Å². The van der Waals surface area contributed by atoms with Crippen LogP contribution in [0.3, 0.4) is 0 Å². The number of nitrogens with one attached hydrogen (secondary N) is 1. The van der Waals surface area contributed by atoms with Crippen LogP contribution in [0.2, 0.25) is 0 Å². The number of halogens is 2. The topological polar surface area (TPSA) is 29.9 Å². The summed E-state index contributed by atoms with van der Waals surface area (Å²) in [6, 6.07) is 7.86. The lowest BCUT2D eigenvalue weighted by Crippen LogP contribution is -2.24. The van der Waals surface area contributed by atoms with Gasteiger partial charge in [-0.1, -0.05) is 37.3 Å².